The number of fused-ring (bicyclic) bond motifs is 1. The minimum Gasteiger partial charge on any atom is -0.464 e. The van der Waals surface area contributed by atoms with E-state index in [1.165, 1.54) is 7.11 Å². The molecule has 0 atom stereocenters. The van der Waals surface area contributed by atoms with Crippen molar-refractivity contribution in [2.24, 2.45) is 0 Å². The Bertz CT molecular complexity index is 1430. The van der Waals surface area contributed by atoms with Crippen molar-refractivity contribution in [2.45, 2.75) is 13.3 Å². The van der Waals surface area contributed by atoms with Gasteiger partial charge in [0.15, 0.2) is 5.43 Å². The summed E-state index contributed by atoms with van der Waals surface area (Å²) >= 11 is 6.26. The summed E-state index contributed by atoms with van der Waals surface area (Å²) in [7, 11) is 1.29. The fraction of sp³-hybridized carbons (Fsp3) is 0.148. The highest BCUT2D eigenvalue weighted by molar-refractivity contribution is 6.31. The maximum absolute atomic E-state index is 13.6. The van der Waals surface area contributed by atoms with Gasteiger partial charge in [-0.1, -0.05) is 41.9 Å². The van der Waals surface area contributed by atoms with Crippen molar-refractivity contribution in [1.29, 1.82) is 0 Å². The molecule has 4 rings (SSSR count). The lowest BCUT2D eigenvalue weighted by Gasteiger charge is -2.19. The van der Waals surface area contributed by atoms with Crippen molar-refractivity contribution in [3.63, 3.8) is 0 Å². The maximum Gasteiger partial charge on any atom is 0.355 e. The van der Waals surface area contributed by atoms with E-state index >= 15 is 0 Å². The fourth-order valence-corrected chi connectivity index (χ4v) is 4.13. The van der Waals surface area contributed by atoms with Gasteiger partial charge in [0, 0.05) is 40.2 Å². The number of halogens is 1. The van der Waals surface area contributed by atoms with Gasteiger partial charge in [0.1, 0.15) is 5.69 Å². The van der Waals surface area contributed by atoms with Crippen LogP contribution in [0.3, 0.4) is 0 Å². The van der Waals surface area contributed by atoms with Crippen molar-refractivity contribution in [3.05, 3.63) is 110 Å². The number of amides is 1. The van der Waals surface area contributed by atoms with Crippen molar-refractivity contribution in [3.8, 4) is 5.69 Å². The number of hydrogen-bond acceptors (Lipinski definition) is 4. The highest BCUT2D eigenvalue weighted by Crippen LogP contribution is 2.26. The molecule has 1 aromatic heterocycles. The molecule has 6 nitrogen and oxygen atoms in total. The van der Waals surface area contributed by atoms with Crippen LogP contribution in [-0.2, 0) is 11.2 Å². The van der Waals surface area contributed by atoms with E-state index in [1.807, 2.05) is 37.3 Å². The number of pyridine rings is 1. The molecule has 1 amide bonds. The molecule has 0 saturated carbocycles. The number of ether oxygens (including phenoxy) is 1. The zero-order chi connectivity index (χ0) is 24.2. The lowest BCUT2D eigenvalue weighted by Crippen LogP contribution is -2.25. The molecule has 34 heavy (non-hydrogen) atoms. The Morgan fingerprint density at radius 1 is 1.00 bits per heavy atom. The van der Waals surface area contributed by atoms with Crippen molar-refractivity contribution in [2.75, 3.05) is 13.7 Å². The number of rotatable bonds is 6. The minimum absolute atomic E-state index is 0.140. The van der Waals surface area contributed by atoms with Gasteiger partial charge in [-0.15, -0.1) is 0 Å². The molecule has 1 heterocycles. The zero-order valence-corrected chi connectivity index (χ0v) is 19.6. The molecular formula is C27H23ClN2O4. The molecule has 3 aromatic carbocycles. The second-order valence-corrected chi connectivity index (χ2v) is 8.15. The fourth-order valence-electron chi connectivity index (χ4n) is 3.97. The Morgan fingerprint density at radius 3 is 2.35 bits per heavy atom. The number of esters is 1. The molecule has 0 saturated heterocycles. The third-order valence-electron chi connectivity index (χ3n) is 5.56. The van der Waals surface area contributed by atoms with Crippen LogP contribution in [0.4, 0.5) is 0 Å². The van der Waals surface area contributed by atoms with E-state index in [4.69, 9.17) is 16.3 Å². The highest BCUT2D eigenvalue weighted by atomic mass is 35.5. The second-order valence-electron chi connectivity index (χ2n) is 7.71. The highest BCUT2D eigenvalue weighted by Gasteiger charge is 2.24. The summed E-state index contributed by atoms with van der Waals surface area (Å²) in [4.78, 5) is 38.7. The smallest absolute Gasteiger partial charge is 0.355 e. The van der Waals surface area contributed by atoms with Crippen LogP contribution in [0.15, 0.2) is 77.6 Å². The first-order chi connectivity index (χ1) is 16.4. The molecule has 4 aromatic rings. The van der Waals surface area contributed by atoms with Gasteiger partial charge in [0.2, 0.25) is 0 Å². The van der Waals surface area contributed by atoms with E-state index in [0.29, 0.717) is 39.3 Å². The van der Waals surface area contributed by atoms with Gasteiger partial charge in [-0.2, -0.15) is 0 Å². The van der Waals surface area contributed by atoms with E-state index in [-0.39, 0.29) is 23.5 Å². The van der Waals surface area contributed by atoms with Gasteiger partial charge in [-0.3, -0.25) is 9.59 Å². The molecule has 0 aliphatic heterocycles. The SMILES string of the molecule is CCNC(=O)c1ccc(Cc2c(C(=O)OC)n(-c3ccccc3)c3cc(Cl)ccc3c2=O)cc1. The molecule has 172 valence electrons. The van der Waals surface area contributed by atoms with Gasteiger partial charge >= 0.3 is 5.97 Å². The van der Waals surface area contributed by atoms with E-state index in [9.17, 15) is 14.4 Å². The summed E-state index contributed by atoms with van der Waals surface area (Å²) in [6.45, 7) is 2.38. The third kappa shape index (κ3) is 4.45. The molecule has 0 spiro atoms. The molecule has 0 aliphatic carbocycles. The topological polar surface area (TPSA) is 77.4 Å². The van der Waals surface area contributed by atoms with Crippen molar-refractivity contribution >= 4 is 34.4 Å². The van der Waals surface area contributed by atoms with Crippen LogP contribution in [0.25, 0.3) is 16.6 Å². The first kappa shape index (κ1) is 23.3. The predicted molar refractivity (Wildman–Crippen MR) is 133 cm³/mol. The standard InChI is InChI=1S/C27H23ClN2O4/c1-3-29-26(32)18-11-9-17(10-12-18)15-22-24(27(33)34-2)30(20-7-5-4-6-8-20)23-16-19(28)13-14-21(23)25(22)31/h4-14,16H,3,15H2,1-2H3,(H,29,32). The summed E-state index contributed by atoms with van der Waals surface area (Å²) in [5.41, 5.74) is 2.68. The summed E-state index contributed by atoms with van der Waals surface area (Å²) < 4.78 is 6.82. The Labute approximate surface area is 201 Å². The summed E-state index contributed by atoms with van der Waals surface area (Å²) in [5, 5.41) is 3.64. The van der Waals surface area contributed by atoms with E-state index in [0.717, 1.165) is 5.56 Å². The lowest BCUT2D eigenvalue weighted by atomic mass is 9.98. The minimum atomic E-state index is -0.628. The van der Waals surface area contributed by atoms with Crippen LogP contribution in [0.2, 0.25) is 5.02 Å². The number of benzene rings is 3. The molecule has 0 aliphatic rings. The number of nitrogens with one attached hydrogen (secondary N) is 1. The lowest BCUT2D eigenvalue weighted by molar-refractivity contribution is 0.0589. The van der Waals surface area contributed by atoms with Crippen LogP contribution >= 0.6 is 11.6 Å². The zero-order valence-electron chi connectivity index (χ0n) is 18.8. The Hall–Kier alpha value is -3.90. The Kier molecular flexibility index (Phi) is 6.80. The van der Waals surface area contributed by atoms with Gasteiger partial charge in [-0.05, 0) is 55.0 Å². The van der Waals surface area contributed by atoms with Crippen LogP contribution in [-0.4, -0.2) is 30.1 Å². The van der Waals surface area contributed by atoms with Gasteiger partial charge < -0.3 is 14.6 Å². The van der Waals surface area contributed by atoms with Gasteiger partial charge in [0.05, 0.1) is 12.6 Å². The number of nitrogens with zero attached hydrogens (tertiary/aromatic N) is 1. The average molecular weight is 475 g/mol. The van der Waals surface area contributed by atoms with Crippen molar-refractivity contribution < 1.29 is 14.3 Å². The Morgan fingerprint density at radius 2 is 1.71 bits per heavy atom. The molecule has 0 unspecified atom stereocenters. The molecule has 0 fully saturated rings. The first-order valence-corrected chi connectivity index (χ1v) is 11.2. The quantitative estimate of drug-likeness (QED) is 0.408. The van der Waals surface area contributed by atoms with Crippen molar-refractivity contribution in [1.82, 2.24) is 9.88 Å². The largest absolute Gasteiger partial charge is 0.464 e. The van der Waals surface area contributed by atoms with Gasteiger partial charge in [-0.25, -0.2) is 4.79 Å². The van der Waals surface area contributed by atoms with Crippen LogP contribution in [0.5, 0.6) is 0 Å². The van der Waals surface area contributed by atoms with E-state index in [2.05, 4.69) is 5.32 Å². The van der Waals surface area contributed by atoms with Crippen LogP contribution < -0.4 is 10.7 Å². The predicted octanol–water partition coefficient (Wildman–Crippen LogP) is 4.77. The first-order valence-electron chi connectivity index (χ1n) is 10.8. The molecular weight excluding hydrogens is 452 g/mol. The number of aromatic nitrogens is 1. The van der Waals surface area contributed by atoms with E-state index in [1.54, 1.807) is 47.0 Å². The Balaban J connectivity index is 1.96. The average Bonchev–Trinajstić information content (AvgIpc) is 2.86. The van der Waals surface area contributed by atoms with Crippen LogP contribution in [0, 0.1) is 0 Å². The number of para-hydroxylation sites is 1. The van der Waals surface area contributed by atoms with Crippen LogP contribution in [0.1, 0.15) is 38.9 Å². The summed E-state index contributed by atoms with van der Waals surface area (Å²) in [6, 6.07) is 21.2. The molecule has 7 heteroatoms. The number of carbonyl (C=O) groups excluding carboxylic acids is 2. The summed E-state index contributed by atoms with van der Waals surface area (Å²) in [5.74, 6) is -0.796. The third-order valence-corrected chi connectivity index (χ3v) is 5.79. The second kappa shape index (κ2) is 9.93. The molecule has 1 N–H and O–H groups in total. The maximum atomic E-state index is 13.6. The number of methoxy groups -OCH3 is 1. The molecule has 0 bridgehead atoms. The monoisotopic (exact) mass is 474 g/mol. The number of carbonyl (C=O) groups is 2. The summed E-state index contributed by atoms with van der Waals surface area (Å²) in [6.07, 6.45) is 0.185. The van der Waals surface area contributed by atoms with E-state index < -0.39 is 5.97 Å². The molecule has 0 radical (unpaired) electrons. The normalized spacial score (nSPS) is 10.8. The number of hydrogen-bond donors (Lipinski definition) is 1. The van der Waals surface area contributed by atoms with Gasteiger partial charge in [0.25, 0.3) is 5.91 Å².